The van der Waals surface area contributed by atoms with Gasteiger partial charge in [0, 0.05) is 5.56 Å². The van der Waals surface area contributed by atoms with Gasteiger partial charge in [0.15, 0.2) is 0 Å². The molecule has 0 saturated heterocycles. The number of thiocarbonyl (C=S) groups is 1. The molecule has 1 amide bonds. The van der Waals surface area contributed by atoms with Crippen molar-refractivity contribution in [2.45, 2.75) is 26.2 Å². The van der Waals surface area contributed by atoms with E-state index in [1.807, 2.05) is 6.07 Å². The highest BCUT2D eigenvalue weighted by molar-refractivity contribution is 7.80. The van der Waals surface area contributed by atoms with E-state index >= 15 is 0 Å². The smallest absolute Gasteiger partial charge is 0.263 e. The molecule has 0 unspecified atom stereocenters. The van der Waals surface area contributed by atoms with E-state index in [0.29, 0.717) is 12.2 Å². The molecule has 0 aliphatic carbocycles. The lowest BCUT2D eigenvalue weighted by Gasteiger charge is -2.08. The molecule has 0 heterocycles. The third kappa shape index (κ3) is 5.45. The molecule has 3 nitrogen and oxygen atoms in total. The Bertz CT molecular complexity index is 365. The van der Waals surface area contributed by atoms with Crippen LogP contribution >= 0.6 is 12.2 Å². The Morgan fingerprint density at radius 1 is 1.29 bits per heavy atom. The van der Waals surface area contributed by atoms with Crippen LogP contribution in [-0.4, -0.2) is 17.7 Å². The molecule has 0 bridgehead atoms. The molecule has 0 radical (unpaired) electrons. The summed E-state index contributed by atoms with van der Waals surface area (Å²) in [7, 11) is 0. The Kier molecular flexibility index (Phi) is 6.25. The van der Waals surface area contributed by atoms with Crippen LogP contribution in [0.4, 0.5) is 0 Å². The number of hydrogen-bond acceptors (Lipinski definition) is 3. The lowest BCUT2D eigenvalue weighted by molar-refractivity contribution is 0.0967. The fourth-order valence-electron chi connectivity index (χ4n) is 1.31. The molecule has 0 aliphatic rings. The van der Waals surface area contributed by atoms with E-state index in [1.54, 1.807) is 24.3 Å². The predicted octanol–water partition coefficient (Wildman–Crippen LogP) is 2.91. The summed E-state index contributed by atoms with van der Waals surface area (Å²) in [5, 5.41) is 2.69. The Morgan fingerprint density at radius 3 is 2.65 bits per heavy atom. The molecule has 17 heavy (non-hydrogen) atoms. The first-order valence-corrected chi connectivity index (χ1v) is 6.18. The number of ether oxygens (including phenoxy) is 1. The van der Waals surface area contributed by atoms with E-state index in [-0.39, 0.29) is 11.1 Å². The summed E-state index contributed by atoms with van der Waals surface area (Å²) in [6.45, 7) is 2.68. The lowest BCUT2D eigenvalue weighted by atomic mass is 10.2. The number of amides is 1. The maximum absolute atomic E-state index is 11.7. The zero-order chi connectivity index (χ0) is 12.5. The minimum atomic E-state index is -0.230. The van der Waals surface area contributed by atoms with E-state index in [2.05, 4.69) is 12.2 Å². The number of rotatable bonds is 5. The lowest BCUT2D eigenvalue weighted by Crippen LogP contribution is -2.31. The fourth-order valence-corrected chi connectivity index (χ4v) is 1.48. The second-order valence-electron chi connectivity index (χ2n) is 3.66. The van der Waals surface area contributed by atoms with Gasteiger partial charge in [-0.2, -0.15) is 0 Å². The largest absolute Gasteiger partial charge is 0.471 e. The summed E-state index contributed by atoms with van der Waals surface area (Å²) in [6.07, 6.45) is 3.19. The monoisotopic (exact) mass is 251 g/mol. The molecule has 0 atom stereocenters. The van der Waals surface area contributed by atoms with Crippen LogP contribution in [0.5, 0.6) is 0 Å². The molecule has 0 aliphatic heterocycles. The van der Waals surface area contributed by atoms with E-state index < -0.39 is 0 Å². The predicted molar refractivity (Wildman–Crippen MR) is 72.0 cm³/mol. The number of hydrogen-bond donors (Lipinski definition) is 1. The first kappa shape index (κ1) is 13.6. The summed E-state index contributed by atoms with van der Waals surface area (Å²) >= 11 is 4.93. The first-order chi connectivity index (χ1) is 8.24. The standard InChI is InChI=1S/C13H17NO2S/c1-2-3-7-10-16-13(17)14-12(15)11-8-5-4-6-9-11/h4-6,8-9H,2-3,7,10H2,1H3,(H,14,15,17). The highest BCUT2D eigenvalue weighted by Gasteiger charge is 2.07. The second-order valence-corrected chi connectivity index (χ2v) is 4.03. The molecule has 1 N–H and O–H groups in total. The highest BCUT2D eigenvalue weighted by Crippen LogP contribution is 1.99. The van der Waals surface area contributed by atoms with Gasteiger partial charge in [-0.3, -0.25) is 10.1 Å². The molecule has 1 rings (SSSR count). The van der Waals surface area contributed by atoms with Gasteiger partial charge in [-0.25, -0.2) is 0 Å². The number of carbonyl (C=O) groups excluding carboxylic acids is 1. The third-order valence-electron chi connectivity index (χ3n) is 2.23. The molecular formula is C13H17NO2S. The van der Waals surface area contributed by atoms with Crippen molar-refractivity contribution in [3.05, 3.63) is 35.9 Å². The van der Waals surface area contributed by atoms with E-state index in [1.165, 1.54) is 0 Å². The molecule has 0 spiro atoms. The number of unbranched alkanes of at least 4 members (excludes halogenated alkanes) is 2. The van der Waals surface area contributed by atoms with Gasteiger partial charge in [0.25, 0.3) is 11.1 Å². The average Bonchev–Trinajstić information content (AvgIpc) is 2.36. The fraction of sp³-hybridized carbons (Fsp3) is 0.385. The van der Waals surface area contributed by atoms with Crippen LogP contribution in [0.3, 0.4) is 0 Å². The molecule has 1 aromatic carbocycles. The van der Waals surface area contributed by atoms with Crippen molar-refractivity contribution in [2.24, 2.45) is 0 Å². The Balaban J connectivity index is 2.29. The molecular weight excluding hydrogens is 234 g/mol. The van der Waals surface area contributed by atoms with Gasteiger partial charge in [0.1, 0.15) is 0 Å². The minimum Gasteiger partial charge on any atom is -0.471 e. The van der Waals surface area contributed by atoms with Crippen molar-refractivity contribution >= 4 is 23.3 Å². The SMILES string of the molecule is CCCCCOC(=S)NC(=O)c1ccccc1. The molecule has 92 valence electrons. The topological polar surface area (TPSA) is 38.3 Å². The van der Waals surface area contributed by atoms with E-state index in [4.69, 9.17) is 17.0 Å². The molecule has 1 aromatic rings. The van der Waals surface area contributed by atoms with Gasteiger partial charge < -0.3 is 4.74 Å². The van der Waals surface area contributed by atoms with Gasteiger partial charge >= 0.3 is 0 Å². The molecule has 0 aromatic heterocycles. The third-order valence-corrected chi connectivity index (χ3v) is 2.45. The maximum Gasteiger partial charge on any atom is 0.263 e. The van der Waals surface area contributed by atoms with Crippen LogP contribution in [0, 0.1) is 0 Å². The van der Waals surface area contributed by atoms with Crippen LogP contribution in [0.15, 0.2) is 30.3 Å². The Labute approximate surface area is 107 Å². The zero-order valence-electron chi connectivity index (χ0n) is 9.94. The minimum absolute atomic E-state index is 0.148. The van der Waals surface area contributed by atoms with Gasteiger partial charge in [0.05, 0.1) is 6.61 Å². The Hall–Kier alpha value is -1.42. The number of carbonyl (C=O) groups is 1. The Morgan fingerprint density at radius 2 is 2.00 bits per heavy atom. The number of nitrogens with one attached hydrogen (secondary N) is 1. The van der Waals surface area contributed by atoms with Crippen LogP contribution in [0.25, 0.3) is 0 Å². The normalized spacial score (nSPS) is 9.71. The van der Waals surface area contributed by atoms with Crippen LogP contribution < -0.4 is 5.32 Å². The summed E-state index contributed by atoms with van der Waals surface area (Å²) < 4.78 is 5.24. The van der Waals surface area contributed by atoms with Crippen molar-refractivity contribution < 1.29 is 9.53 Å². The van der Waals surface area contributed by atoms with Crippen molar-refractivity contribution in [2.75, 3.05) is 6.61 Å². The van der Waals surface area contributed by atoms with Crippen molar-refractivity contribution in [1.82, 2.24) is 5.32 Å². The van der Waals surface area contributed by atoms with Crippen molar-refractivity contribution in [3.63, 3.8) is 0 Å². The van der Waals surface area contributed by atoms with E-state index in [0.717, 1.165) is 19.3 Å². The average molecular weight is 251 g/mol. The maximum atomic E-state index is 11.7. The van der Waals surface area contributed by atoms with Crippen LogP contribution in [0.2, 0.25) is 0 Å². The number of benzene rings is 1. The highest BCUT2D eigenvalue weighted by atomic mass is 32.1. The first-order valence-electron chi connectivity index (χ1n) is 5.77. The molecule has 4 heteroatoms. The summed E-state index contributed by atoms with van der Waals surface area (Å²) in [5.41, 5.74) is 0.576. The summed E-state index contributed by atoms with van der Waals surface area (Å²) in [5.74, 6) is -0.230. The van der Waals surface area contributed by atoms with Gasteiger partial charge in [-0.05, 0) is 30.8 Å². The summed E-state index contributed by atoms with van der Waals surface area (Å²) in [4.78, 5) is 11.7. The van der Waals surface area contributed by atoms with Gasteiger partial charge in [0.2, 0.25) is 0 Å². The molecule has 0 fully saturated rings. The second kappa shape index (κ2) is 7.79. The van der Waals surface area contributed by atoms with Gasteiger partial charge in [-0.15, -0.1) is 0 Å². The van der Waals surface area contributed by atoms with Crippen LogP contribution in [-0.2, 0) is 4.74 Å². The van der Waals surface area contributed by atoms with Crippen molar-refractivity contribution in [1.29, 1.82) is 0 Å². The van der Waals surface area contributed by atoms with Gasteiger partial charge in [-0.1, -0.05) is 38.0 Å². The molecule has 0 saturated carbocycles. The summed E-state index contributed by atoms with van der Waals surface area (Å²) in [6, 6.07) is 8.93. The zero-order valence-corrected chi connectivity index (χ0v) is 10.8. The van der Waals surface area contributed by atoms with Crippen molar-refractivity contribution in [3.8, 4) is 0 Å². The quantitative estimate of drug-likeness (QED) is 0.646. The van der Waals surface area contributed by atoms with Crippen LogP contribution in [0.1, 0.15) is 36.5 Å². The van der Waals surface area contributed by atoms with E-state index in [9.17, 15) is 4.79 Å².